The Morgan fingerprint density at radius 1 is 1.19 bits per heavy atom. The maximum absolute atomic E-state index is 3.90. The third-order valence-electron chi connectivity index (χ3n) is 2.76. The molecule has 100 valence electrons. The summed E-state index contributed by atoms with van der Waals surface area (Å²) in [6.07, 6.45) is 2.56. The van der Waals surface area contributed by atoms with Gasteiger partial charge in [0, 0.05) is 0 Å². The molecule has 0 heterocycles. The van der Waals surface area contributed by atoms with Gasteiger partial charge in [0.1, 0.15) is 0 Å². The Hall–Kier alpha value is 0.780. The van der Waals surface area contributed by atoms with Crippen molar-refractivity contribution in [2.24, 2.45) is 5.92 Å². The summed E-state index contributed by atoms with van der Waals surface area (Å²) < 4.78 is 2.68. The zero-order chi connectivity index (χ0) is 12.8. The molecule has 0 amide bonds. The van der Waals surface area contributed by atoms with Crippen molar-refractivity contribution in [1.82, 2.24) is 9.53 Å². The molecule has 2 atom stereocenters. The minimum atomic E-state index is -1.39. The molecule has 0 aliphatic rings. The van der Waals surface area contributed by atoms with E-state index >= 15 is 0 Å². The molecule has 0 aliphatic carbocycles. The van der Waals surface area contributed by atoms with Crippen LogP contribution in [0.3, 0.4) is 0 Å². The molecule has 0 saturated carbocycles. The maximum atomic E-state index is 3.90. The summed E-state index contributed by atoms with van der Waals surface area (Å²) in [6.45, 7) is 17.6. The Bertz CT molecular complexity index is 184. The second-order valence-electron chi connectivity index (χ2n) is 5.49. The molecule has 0 saturated heterocycles. The van der Waals surface area contributed by atoms with Gasteiger partial charge >= 0.3 is 105 Å². The van der Waals surface area contributed by atoms with Gasteiger partial charge in [0.2, 0.25) is 0 Å². The first-order valence-corrected chi connectivity index (χ1v) is 10.7. The second kappa shape index (κ2) is 7.98. The number of rotatable bonds is 8. The van der Waals surface area contributed by atoms with E-state index in [0.29, 0.717) is 6.04 Å². The molecule has 1 N–H and O–H groups in total. The molecular weight excluding hydrogens is 234 g/mol. The average molecular weight is 266 g/mol. The molecule has 1 unspecified atom stereocenters. The van der Waals surface area contributed by atoms with Crippen molar-refractivity contribution < 1.29 is 0 Å². The summed E-state index contributed by atoms with van der Waals surface area (Å²) in [5.74, 6) is 0.788. The normalized spacial score (nSPS) is 16.6. The predicted molar refractivity (Wildman–Crippen MR) is 83.5 cm³/mol. The van der Waals surface area contributed by atoms with Crippen LogP contribution in [0, 0.1) is 5.92 Å². The number of hydrogen-bond acceptors (Lipinski definition) is 2. The molecule has 16 heavy (non-hydrogen) atoms. The van der Waals surface area contributed by atoms with E-state index in [0.717, 1.165) is 14.6 Å². The molecule has 0 aromatic heterocycles. The summed E-state index contributed by atoms with van der Waals surface area (Å²) in [6, 6.07) is 0.650. The molecule has 0 aromatic carbocycles. The van der Waals surface area contributed by atoms with E-state index in [1.807, 2.05) is 0 Å². The molecule has 0 bridgehead atoms. The van der Waals surface area contributed by atoms with Gasteiger partial charge in [-0.25, -0.2) is 0 Å². The number of nitrogens with zero attached hydrogens (tertiary/aromatic N) is 1. The first-order valence-electron chi connectivity index (χ1n) is 6.62. The van der Waals surface area contributed by atoms with Crippen molar-refractivity contribution in [1.29, 1.82) is 0 Å². The Kier molecular flexibility index (Phi) is 8.37. The van der Waals surface area contributed by atoms with Crippen LogP contribution in [0.4, 0.5) is 0 Å². The van der Waals surface area contributed by atoms with E-state index in [2.05, 4.69) is 57.5 Å². The monoisotopic (exact) mass is 266 g/mol. The summed E-state index contributed by atoms with van der Waals surface area (Å²) in [7, 11) is -0.403. The molecule has 0 aliphatic heterocycles. The van der Waals surface area contributed by atoms with Crippen LogP contribution >= 0.6 is 16.3 Å². The minimum absolute atomic E-state index is 0.650. The van der Waals surface area contributed by atoms with Gasteiger partial charge in [-0.2, -0.15) is 0 Å². The van der Waals surface area contributed by atoms with Gasteiger partial charge in [-0.1, -0.05) is 0 Å². The third-order valence-corrected chi connectivity index (χ3v) is 8.80. The number of nitrogens with one attached hydrogen (secondary N) is 1. The summed E-state index contributed by atoms with van der Waals surface area (Å²) in [4.78, 5) is 0. The fourth-order valence-corrected chi connectivity index (χ4v) is 7.47. The van der Waals surface area contributed by atoms with E-state index in [1.54, 1.807) is 0 Å². The zero-order valence-corrected chi connectivity index (χ0v) is 14.2. The van der Waals surface area contributed by atoms with Crippen molar-refractivity contribution in [3.63, 3.8) is 0 Å². The van der Waals surface area contributed by atoms with Crippen molar-refractivity contribution in [2.75, 3.05) is 26.0 Å². The molecule has 2 nitrogen and oxygen atoms in total. The first kappa shape index (κ1) is 16.8. The van der Waals surface area contributed by atoms with Crippen molar-refractivity contribution >= 4 is 16.3 Å². The van der Waals surface area contributed by atoms with Gasteiger partial charge in [0.25, 0.3) is 0 Å². The van der Waals surface area contributed by atoms with Gasteiger partial charge in [0.15, 0.2) is 0 Å². The molecular formula is C12H32N2P2. The zero-order valence-electron chi connectivity index (χ0n) is 12.2. The van der Waals surface area contributed by atoms with E-state index < -0.39 is 7.56 Å². The molecule has 0 fully saturated rings. The average Bonchev–Trinajstić information content (AvgIpc) is 2.11. The van der Waals surface area contributed by atoms with Crippen molar-refractivity contribution in [3.05, 3.63) is 0 Å². The first-order chi connectivity index (χ1) is 7.33. The SMILES string of the molecule is CCPN(CC)[PH](C)(C)N[C@H](C)CC(C)C. The van der Waals surface area contributed by atoms with Crippen LogP contribution in [0.15, 0.2) is 0 Å². The van der Waals surface area contributed by atoms with Gasteiger partial charge < -0.3 is 0 Å². The molecule has 4 heteroatoms. The topological polar surface area (TPSA) is 15.3 Å². The van der Waals surface area contributed by atoms with Crippen LogP contribution in [-0.2, 0) is 0 Å². The van der Waals surface area contributed by atoms with Crippen LogP contribution in [0.25, 0.3) is 0 Å². The van der Waals surface area contributed by atoms with Crippen LogP contribution in [0.5, 0.6) is 0 Å². The van der Waals surface area contributed by atoms with Crippen LogP contribution < -0.4 is 5.09 Å². The van der Waals surface area contributed by atoms with Gasteiger partial charge in [0.05, 0.1) is 0 Å². The van der Waals surface area contributed by atoms with Crippen LogP contribution in [0.1, 0.15) is 41.0 Å². The summed E-state index contributed by atoms with van der Waals surface area (Å²) >= 11 is 0. The van der Waals surface area contributed by atoms with E-state index in [-0.39, 0.29) is 0 Å². The van der Waals surface area contributed by atoms with E-state index in [1.165, 1.54) is 19.1 Å². The molecule has 0 spiro atoms. The van der Waals surface area contributed by atoms with Crippen LogP contribution in [-0.4, -0.2) is 36.5 Å². The number of hydrogen-bond donors (Lipinski definition) is 1. The second-order valence-corrected chi connectivity index (χ2v) is 11.4. The Balaban J connectivity index is 4.28. The Morgan fingerprint density at radius 2 is 1.75 bits per heavy atom. The fraction of sp³-hybridized carbons (Fsp3) is 1.00. The summed E-state index contributed by atoms with van der Waals surface area (Å²) in [5.41, 5.74) is 0. The quantitative estimate of drug-likeness (QED) is 0.672. The molecule has 0 aromatic rings. The molecule has 0 radical (unpaired) electrons. The molecule has 0 rings (SSSR count). The standard InChI is InChI=1S/C12H32N2P2/c1-8-14(15-9-2)16(6,7)13-12(5)10-11(3)4/h11-13,15-16H,8-10H2,1-7H3/t12-/m1/s1. The van der Waals surface area contributed by atoms with E-state index in [4.69, 9.17) is 0 Å². The summed E-state index contributed by atoms with van der Waals surface area (Å²) in [5, 5.41) is 3.90. The van der Waals surface area contributed by atoms with Gasteiger partial charge in [-0.15, -0.1) is 0 Å². The van der Waals surface area contributed by atoms with Crippen molar-refractivity contribution in [2.45, 2.75) is 47.1 Å². The predicted octanol–water partition coefficient (Wildman–Crippen LogP) is 3.79. The van der Waals surface area contributed by atoms with Crippen LogP contribution in [0.2, 0.25) is 0 Å². The van der Waals surface area contributed by atoms with Gasteiger partial charge in [-0.3, -0.25) is 0 Å². The van der Waals surface area contributed by atoms with Gasteiger partial charge in [-0.05, 0) is 0 Å². The van der Waals surface area contributed by atoms with E-state index in [9.17, 15) is 0 Å². The fourth-order valence-electron chi connectivity index (χ4n) is 2.34. The Morgan fingerprint density at radius 3 is 2.12 bits per heavy atom. The Labute approximate surface area is 105 Å². The third kappa shape index (κ3) is 6.50. The van der Waals surface area contributed by atoms with Crippen molar-refractivity contribution in [3.8, 4) is 0 Å².